The molecule has 100 valence electrons. The third kappa shape index (κ3) is 2.20. The second kappa shape index (κ2) is 4.69. The monoisotopic (exact) mass is 271 g/mol. The van der Waals surface area contributed by atoms with Crippen molar-refractivity contribution in [2.75, 3.05) is 5.32 Å². The first-order valence-electron chi connectivity index (χ1n) is 5.86. The molecule has 3 rings (SSSR count). The Morgan fingerprint density at radius 3 is 2.95 bits per heavy atom. The minimum absolute atomic E-state index is 0.162. The predicted molar refractivity (Wildman–Crippen MR) is 69.9 cm³/mol. The minimum atomic E-state index is -0.505. The van der Waals surface area contributed by atoms with Gasteiger partial charge in [-0.05, 0) is 6.92 Å². The highest BCUT2D eigenvalue weighted by Crippen LogP contribution is 2.16. The van der Waals surface area contributed by atoms with Crippen molar-refractivity contribution in [3.8, 4) is 0 Å². The highest BCUT2D eigenvalue weighted by Gasteiger charge is 2.11. The van der Waals surface area contributed by atoms with E-state index in [-0.39, 0.29) is 11.3 Å². The summed E-state index contributed by atoms with van der Waals surface area (Å²) >= 11 is 0. The Kier molecular flexibility index (Phi) is 2.86. The average molecular weight is 271 g/mol. The smallest absolute Gasteiger partial charge is 0.275 e. The number of carbonyl (C=O) groups excluding carboxylic acids is 1. The molecular weight excluding hydrogens is 261 g/mol. The van der Waals surface area contributed by atoms with Gasteiger partial charge >= 0.3 is 0 Å². The molecule has 6 nitrogen and oxygen atoms in total. The van der Waals surface area contributed by atoms with Crippen LogP contribution >= 0.6 is 0 Å². The Morgan fingerprint density at radius 1 is 1.35 bits per heavy atom. The molecule has 1 amide bonds. The summed E-state index contributed by atoms with van der Waals surface area (Å²) in [7, 11) is 0. The van der Waals surface area contributed by atoms with Gasteiger partial charge in [0.15, 0.2) is 11.5 Å². The zero-order chi connectivity index (χ0) is 14.1. The summed E-state index contributed by atoms with van der Waals surface area (Å²) in [4.78, 5) is 23.6. The third-order valence-corrected chi connectivity index (χ3v) is 2.68. The van der Waals surface area contributed by atoms with Gasteiger partial charge in [-0.15, -0.1) is 0 Å². The zero-order valence-electron chi connectivity index (χ0n) is 10.5. The molecule has 0 saturated carbocycles. The Labute approximate surface area is 113 Å². The van der Waals surface area contributed by atoms with E-state index >= 15 is 0 Å². The molecule has 3 aromatic heterocycles. The molecule has 0 radical (unpaired) electrons. The summed E-state index contributed by atoms with van der Waals surface area (Å²) in [5.41, 5.74) is 1.40. The number of pyridine rings is 1. The minimum Gasteiger partial charge on any atom is -0.319 e. The number of imidazole rings is 1. The van der Waals surface area contributed by atoms with Crippen molar-refractivity contribution in [3.05, 3.63) is 54.3 Å². The lowest BCUT2D eigenvalue weighted by Crippen LogP contribution is -2.14. The van der Waals surface area contributed by atoms with Crippen molar-refractivity contribution < 1.29 is 9.18 Å². The molecular formula is C13H10FN5O. The van der Waals surface area contributed by atoms with Crippen LogP contribution in [0.1, 0.15) is 16.2 Å². The van der Waals surface area contributed by atoms with E-state index in [9.17, 15) is 9.18 Å². The summed E-state index contributed by atoms with van der Waals surface area (Å²) in [6.45, 7) is 1.77. The van der Waals surface area contributed by atoms with E-state index in [1.807, 2.05) is 0 Å². The number of nitrogens with one attached hydrogen (secondary N) is 1. The molecule has 0 fully saturated rings. The van der Waals surface area contributed by atoms with Crippen LogP contribution in [0.15, 0.2) is 37.1 Å². The number of fused-ring (bicyclic) bond motifs is 1. The van der Waals surface area contributed by atoms with Crippen molar-refractivity contribution in [1.29, 1.82) is 0 Å². The van der Waals surface area contributed by atoms with E-state index in [0.717, 1.165) is 0 Å². The van der Waals surface area contributed by atoms with Gasteiger partial charge in [-0.3, -0.25) is 9.78 Å². The van der Waals surface area contributed by atoms with Gasteiger partial charge in [0.1, 0.15) is 5.69 Å². The highest BCUT2D eigenvalue weighted by molar-refractivity contribution is 6.02. The van der Waals surface area contributed by atoms with E-state index < -0.39 is 11.7 Å². The van der Waals surface area contributed by atoms with Crippen LogP contribution in [-0.2, 0) is 0 Å². The fourth-order valence-corrected chi connectivity index (χ4v) is 1.86. The third-order valence-electron chi connectivity index (χ3n) is 2.68. The second-order valence-corrected chi connectivity index (χ2v) is 4.23. The number of rotatable bonds is 2. The number of anilines is 1. The van der Waals surface area contributed by atoms with Crippen LogP contribution in [0.25, 0.3) is 5.65 Å². The van der Waals surface area contributed by atoms with Gasteiger partial charge in [-0.1, -0.05) is 0 Å². The van der Waals surface area contributed by atoms with Crippen molar-refractivity contribution in [1.82, 2.24) is 19.4 Å². The standard InChI is InChI=1S/C13H10FN5O/c1-8-6-19-7-9(4-10(14)12(19)17-8)18-13(20)11-5-15-2-3-16-11/h2-7H,1H3,(H,18,20). The fourth-order valence-electron chi connectivity index (χ4n) is 1.86. The fraction of sp³-hybridized carbons (Fsp3) is 0.0769. The number of aromatic nitrogens is 4. The normalized spacial score (nSPS) is 10.7. The van der Waals surface area contributed by atoms with Gasteiger partial charge in [0, 0.05) is 30.9 Å². The van der Waals surface area contributed by atoms with Crippen LogP contribution in [0.4, 0.5) is 10.1 Å². The summed E-state index contributed by atoms with van der Waals surface area (Å²) in [5, 5.41) is 2.57. The molecule has 0 saturated heterocycles. The maximum Gasteiger partial charge on any atom is 0.275 e. The Hall–Kier alpha value is -2.83. The molecule has 3 aromatic rings. The number of aryl methyl sites for hydroxylation is 1. The maximum absolute atomic E-state index is 13.9. The van der Waals surface area contributed by atoms with Crippen molar-refractivity contribution >= 4 is 17.2 Å². The van der Waals surface area contributed by atoms with Crippen molar-refractivity contribution in [2.45, 2.75) is 6.92 Å². The Bertz CT molecular complexity index is 784. The number of hydrogen-bond acceptors (Lipinski definition) is 4. The Balaban J connectivity index is 1.93. The van der Waals surface area contributed by atoms with Gasteiger partial charge < -0.3 is 9.72 Å². The molecule has 0 aliphatic carbocycles. The van der Waals surface area contributed by atoms with Crippen LogP contribution in [0, 0.1) is 12.7 Å². The number of nitrogens with zero attached hydrogens (tertiary/aromatic N) is 4. The van der Waals surface area contributed by atoms with E-state index in [0.29, 0.717) is 11.4 Å². The predicted octanol–water partition coefficient (Wildman–Crippen LogP) is 1.82. The van der Waals surface area contributed by atoms with Crippen LogP contribution in [-0.4, -0.2) is 25.3 Å². The SMILES string of the molecule is Cc1cn2cc(NC(=O)c3cnccn3)cc(F)c2n1. The van der Waals surface area contributed by atoms with Crippen LogP contribution < -0.4 is 5.32 Å². The molecule has 1 N–H and O–H groups in total. The van der Waals surface area contributed by atoms with Gasteiger partial charge in [0.05, 0.1) is 17.6 Å². The molecule has 0 spiro atoms. The van der Waals surface area contributed by atoms with Gasteiger partial charge in [-0.25, -0.2) is 14.4 Å². The van der Waals surface area contributed by atoms with Crippen molar-refractivity contribution in [3.63, 3.8) is 0 Å². The lowest BCUT2D eigenvalue weighted by atomic mass is 10.3. The summed E-state index contributed by atoms with van der Waals surface area (Å²) in [6, 6.07) is 1.22. The Morgan fingerprint density at radius 2 is 2.20 bits per heavy atom. The molecule has 20 heavy (non-hydrogen) atoms. The van der Waals surface area contributed by atoms with E-state index in [1.165, 1.54) is 29.1 Å². The van der Waals surface area contributed by atoms with Crippen LogP contribution in [0.3, 0.4) is 0 Å². The van der Waals surface area contributed by atoms with Crippen molar-refractivity contribution in [2.24, 2.45) is 0 Å². The molecule has 0 aromatic carbocycles. The van der Waals surface area contributed by atoms with Crippen LogP contribution in [0.2, 0.25) is 0 Å². The van der Waals surface area contributed by atoms with E-state index in [4.69, 9.17) is 0 Å². The van der Waals surface area contributed by atoms with E-state index in [1.54, 1.807) is 19.3 Å². The summed E-state index contributed by atoms with van der Waals surface area (Å²) in [6.07, 6.45) is 7.49. The zero-order valence-corrected chi connectivity index (χ0v) is 10.5. The second-order valence-electron chi connectivity index (χ2n) is 4.23. The maximum atomic E-state index is 13.9. The topological polar surface area (TPSA) is 72.2 Å². The molecule has 0 bridgehead atoms. The molecule has 7 heteroatoms. The first-order valence-corrected chi connectivity index (χ1v) is 5.86. The quantitative estimate of drug-likeness (QED) is 0.771. The summed E-state index contributed by atoms with van der Waals surface area (Å²) < 4.78 is 15.4. The van der Waals surface area contributed by atoms with Crippen LogP contribution in [0.5, 0.6) is 0 Å². The molecule has 0 atom stereocenters. The van der Waals surface area contributed by atoms with Gasteiger partial charge in [0.2, 0.25) is 0 Å². The largest absolute Gasteiger partial charge is 0.319 e. The van der Waals surface area contributed by atoms with Gasteiger partial charge in [-0.2, -0.15) is 0 Å². The number of amides is 1. The molecule has 3 heterocycles. The number of halogens is 1. The molecule has 0 aliphatic rings. The first-order chi connectivity index (χ1) is 9.63. The van der Waals surface area contributed by atoms with Gasteiger partial charge in [0.25, 0.3) is 5.91 Å². The molecule has 0 aliphatic heterocycles. The molecule has 0 unspecified atom stereocenters. The highest BCUT2D eigenvalue weighted by atomic mass is 19.1. The lowest BCUT2D eigenvalue weighted by molar-refractivity contribution is 0.102. The summed E-state index contributed by atoms with van der Waals surface area (Å²) in [5.74, 6) is -0.955. The number of hydrogen-bond donors (Lipinski definition) is 1. The number of carbonyl (C=O) groups is 1. The average Bonchev–Trinajstić information content (AvgIpc) is 2.81. The lowest BCUT2D eigenvalue weighted by Gasteiger charge is -2.05. The van der Waals surface area contributed by atoms with E-state index in [2.05, 4.69) is 20.3 Å². The first kappa shape index (κ1) is 12.2.